The van der Waals surface area contributed by atoms with E-state index in [1.807, 2.05) is 13.8 Å². The summed E-state index contributed by atoms with van der Waals surface area (Å²) in [4.78, 5) is 14.0. The first-order valence-electron chi connectivity index (χ1n) is 10.2. The molecule has 0 heterocycles. The molecular formula is C19H41NO8Si. The van der Waals surface area contributed by atoms with Gasteiger partial charge in [-0.2, -0.15) is 0 Å². The average molecular weight is 440 g/mol. The minimum absolute atomic E-state index is 0.0259. The van der Waals surface area contributed by atoms with Crippen LogP contribution in [0.5, 0.6) is 0 Å². The summed E-state index contributed by atoms with van der Waals surface area (Å²) in [6, 6.07) is 0.605. The second-order valence-corrected chi connectivity index (χ2v) is 9.81. The van der Waals surface area contributed by atoms with Gasteiger partial charge in [-0.05, 0) is 33.6 Å². The lowest BCUT2D eigenvalue weighted by molar-refractivity contribution is -0.0420. The van der Waals surface area contributed by atoms with Crippen molar-refractivity contribution in [1.82, 2.24) is 4.90 Å². The summed E-state index contributed by atoms with van der Waals surface area (Å²) in [5.41, 5.74) is 0. The van der Waals surface area contributed by atoms with Gasteiger partial charge in [-0.15, -0.1) is 0 Å². The van der Waals surface area contributed by atoms with Gasteiger partial charge in [0.25, 0.3) is 0 Å². The van der Waals surface area contributed by atoms with Gasteiger partial charge in [-0.25, -0.2) is 4.79 Å². The van der Waals surface area contributed by atoms with Gasteiger partial charge < -0.3 is 37.1 Å². The first-order valence-corrected chi connectivity index (χ1v) is 12.1. The van der Waals surface area contributed by atoms with Crippen LogP contribution >= 0.6 is 0 Å². The summed E-state index contributed by atoms with van der Waals surface area (Å²) < 4.78 is 38.0. The van der Waals surface area contributed by atoms with E-state index in [0.29, 0.717) is 52.0 Å². The summed E-state index contributed by atoms with van der Waals surface area (Å²) in [5.74, 6) is 0. The van der Waals surface area contributed by atoms with Gasteiger partial charge >= 0.3 is 14.9 Å². The summed E-state index contributed by atoms with van der Waals surface area (Å²) in [7, 11) is 3.75. The predicted molar refractivity (Wildman–Crippen MR) is 112 cm³/mol. The van der Waals surface area contributed by atoms with Crippen LogP contribution in [-0.2, 0) is 32.2 Å². The molecule has 0 bridgehead atoms. The molecule has 0 aliphatic heterocycles. The first kappa shape index (κ1) is 28.2. The third-order valence-electron chi connectivity index (χ3n) is 4.36. The van der Waals surface area contributed by atoms with Crippen LogP contribution in [0.4, 0.5) is 4.79 Å². The quantitative estimate of drug-likeness (QED) is 0.238. The molecule has 0 fully saturated rings. The molecule has 0 rings (SSSR count). The van der Waals surface area contributed by atoms with E-state index < -0.39 is 8.80 Å². The van der Waals surface area contributed by atoms with E-state index in [0.717, 1.165) is 6.42 Å². The molecule has 1 amide bonds. The number of ether oxygens (including phenoxy) is 4. The van der Waals surface area contributed by atoms with Gasteiger partial charge in [-0.1, -0.05) is 0 Å². The van der Waals surface area contributed by atoms with Gasteiger partial charge in [0.05, 0.1) is 25.4 Å². The molecule has 174 valence electrons. The zero-order chi connectivity index (χ0) is 22.1. The van der Waals surface area contributed by atoms with Crippen molar-refractivity contribution in [2.45, 2.75) is 51.9 Å². The number of amides is 1. The molecule has 2 unspecified atom stereocenters. The number of hydrogen-bond donors (Lipinski definition) is 0. The highest BCUT2D eigenvalue weighted by Gasteiger charge is 2.37. The van der Waals surface area contributed by atoms with Gasteiger partial charge in [-0.3, -0.25) is 0 Å². The first-order chi connectivity index (χ1) is 13.9. The van der Waals surface area contributed by atoms with E-state index in [1.54, 1.807) is 40.3 Å². The highest BCUT2D eigenvalue weighted by Crippen LogP contribution is 2.16. The van der Waals surface area contributed by atoms with Crippen molar-refractivity contribution >= 4 is 14.9 Å². The van der Waals surface area contributed by atoms with Crippen LogP contribution in [0.2, 0.25) is 6.04 Å². The smallest absolute Gasteiger partial charge is 0.450 e. The van der Waals surface area contributed by atoms with Crippen molar-refractivity contribution in [3.8, 4) is 0 Å². The molecule has 29 heavy (non-hydrogen) atoms. The second-order valence-electron chi connectivity index (χ2n) is 6.72. The monoisotopic (exact) mass is 439 g/mol. The molecule has 9 nitrogen and oxygen atoms in total. The Kier molecular flexibility index (Phi) is 16.5. The Hall–Kier alpha value is -0.753. The average Bonchev–Trinajstić information content (AvgIpc) is 2.72. The molecule has 0 aromatic carbocycles. The third kappa shape index (κ3) is 12.5. The van der Waals surface area contributed by atoms with E-state index in [1.165, 1.54) is 0 Å². The van der Waals surface area contributed by atoms with Crippen LogP contribution in [0.3, 0.4) is 0 Å². The molecule has 0 aromatic rings. The maximum atomic E-state index is 12.3. The molecule has 0 spiro atoms. The Balaban J connectivity index is 4.49. The second kappa shape index (κ2) is 17.0. The van der Waals surface area contributed by atoms with Crippen LogP contribution < -0.4 is 0 Å². The molecule has 0 radical (unpaired) electrons. The highest BCUT2D eigenvalue weighted by atomic mass is 28.4. The number of carbonyl (C=O) groups is 1. The van der Waals surface area contributed by atoms with Gasteiger partial charge in [0.2, 0.25) is 0 Å². The molecule has 0 aromatic heterocycles. The van der Waals surface area contributed by atoms with E-state index in [4.69, 9.17) is 32.2 Å². The fraction of sp³-hybridized carbons (Fsp3) is 0.947. The van der Waals surface area contributed by atoms with E-state index in [9.17, 15) is 4.79 Å². The minimum Gasteiger partial charge on any atom is -0.450 e. The topological polar surface area (TPSA) is 84.9 Å². The lowest BCUT2D eigenvalue weighted by Crippen LogP contribution is -2.44. The lowest BCUT2D eigenvalue weighted by atomic mass is 10.3. The zero-order valence-electron chi connectivity index (χ0n) is 19.2. The van der Waals surface area contributed by atoms with Crippen molar-refractivity contribution in [3.05, 3.63) is 0 Å². The van der Waals surface area contributed by atoms with Crippen molar-refractivity contribution in [1.29, 1.82) is 0 Å². The third-order valence-corrected chi connectivity index (χ3v) is 7.19. The molecular weight excluding hydrogens is 398 g/mol. The fourth-order valence-corrected chi connectivity index (χ4v) is 4.42. The Labute approximate surface area is 177 Å². The number of nitrogens with zero attached hydrogens (tertiary/aromatic N) is 1. The maximum Gasteiger partial charge on any atom is 0.500 e. The van der Waals surface area contributed by atoms with Crippen LogP contribution in [-0.4, -0.2) is 100.0 Å². The molecule has 0 aliphatic carbocycles. The molecule has 2 atom stereocenters. The Morgan fingerprint density at radius 2 is 1.59 bits per heavy atom. The fourth-order valence-electron chi connectivity index (χ4n) is 2.71. The van der Waals surface area contributed by atoms with E-state index >= 15 is 0 Å². The largest absolute Gasteiger partial charge is 0.500 e. The van der Waals surface area contributed by atoms with Crippen molar-refractivity contribution in [2.75, 3.05) is 68.0 Å². The maximum absolute atomic E-state index is 12.3. The van der Waals surface area contributed by atoms with Gasteiger partial charge in [0, 0.05) is 60.8 Å². The number of hydrogen-bond acceptors (Lipinski definition) is 8. The van der Waals surface area contributed by atoms with Crippen LogP contribution in [0.25, 0.3) is 0 Å². The molecule has 10 heteroatoms. The Morgan fingerprint density at radius 3 is 2.14 bits per heavy atom. The van der Waals surface area contributed by atoms with Gasteiger partial charge in [0.1, 0.15) is 0 Å². The predicted octanol–water partition coefficient (Wildman–Crippen LogP) is 2.56. The Morgan fingerprint density at radius 1 is 0.931 bits per heavy atom. The highest BCUT2D eigenvalue weighted by molar-refractivity contribution is 6.60. The molecule has 0 saturated carbocycles. The zero-order valence-corrected chi connectivity index (χ0v) is 20.2. The lowest BCUT2D eigenvalue weighted by Gasteiger charge is -2.28. The van der Waals surface area contributed by atoms with Crippen molar-refractivity contribution < 1.29 is 37.0 Å². The summed E-state index contributed by atoms with van der Waals surface area (Å²) in [5, 5.41) is 0. The van der Waals surface area contributed by atoms with E-state index in [2.05, 4.69) is 0 Å². The van der Waals surface area contributed by atoms with Crippen LogP contribution in [0.15, 0.2) is 0 Å². The molecule has 0 saturated heterocycles. The minimum atomic E-state index is -2.66. The number of carbonyl (C=O) groups excluding carboxylic acids is 1. The van der Waals surface area contributed by atoms with Crippen LogP contribution in [0.1, 0.15) is 33.6 Å². The van der Waals surface area contributed by atoms with Crippen molar-refractivity contribution in [2.24, 2.45) is 0 Å². The summed E-state index contributed by atoms with van der Waals surface area (Å²) in [6.07, 6.45) is 0.987. The molecule has 0 N–H and O–H groups in total. The summed E-state index contributed by atoms with van der Waals surface area (Å²) >= 11 is 0. The van der Waals surface area contributed by atoms with E-state index in [-0.39, 0.29) is 18.3 Å². The molecule has 0 aliphatic rings. The standard InChI is InChI=1S/C19H41NO8Si/c1-8-26-19(21)20(11-9-14-29(23-5,24-6)25-7)15-17(2)28-16-18(3)27-13-10-12-22-4/h17-18H,8-16H2,1-7H3. The van der Waals surface area contributed by atoms with Crippen LogP contribution in [0, 0.1) is 0 Å². The summed E-state index contributed by atoms with van der Waals surface area (Å²) in [6.45, 7) is 8.70. The normalized spacial score (nSPS) is 13.9. The van der Waals surface area contributed by atoms with Crippen molar-refractivity contribution in [3.63, 3.8) is 0 Å². The number of methoxy groups -OCH3 is 1. The SMILES string of the molecule is CCOC(=O)N(CCC[Si](OC)(OC)OC)CC(C)OCC(C)OCCCOC. The Bertz CT molecular complexity index is 403. The van der Waals surface area contributed by atoms with Gasteiger partial charge in [0.15, 0.2) is 0 Å². The number of rotatable bonds is 18.